The molecule has 1 atom stereocenters. The summed E-state index contributed by atoms with van der Waals surface area (Å²) >= 11 is 0. The molecular formula is C18H17N5. The van der Waals surface area contributed by atoms with Gasteiger partial charge in [0.2, 0.25) is 0 Å². The van der Waals surface area contributed by atoms with Crippen LogP contribution in [0.25, 0.3) is 11.0 Å². The summed E-state index contributed by atoms with van der Waals surface area (Å²) in [6.45, 7) is 2.93. The Hall–Kier alpha value is -2.71. The molecule has 3 heterocycles. The van der Waals surface area contributed by atoms with Gasteiger partial charge in [-0.05, 0) is 43.3 Å². The molecule has 1 fully saturated rings. The molecule has 0 aliphatic carbocycles. The molecule has 5 nitrogen and oxygen atoms in total. The molecule has 1 aliphatic heterocycles. The van der Waals surface area contributed by atoms with Gasteiger partial charge < -0.3 is 4.98 Å². The van der Waals surface area contributed by atoms with Gasteiger partial charge in [-0.25, -0.2) is 4.98 Å². The lowest BCUT2D eigenvalue weighted by Gasteiger charge is -2.14. The summed E-state index contributed by atoms with van der Waals surface area (Å²) in [6.07, 6.45) is 2.94. The summed E-state index contributed by atoms with van der Waals surface area (Å²) in [5.41, 5.74) is 3.65. The quantitative estimate of drug-likeness (QED) is 0.808. The van der Waals surface area contributed by atoms with E-state index in [0.717, 1.165) is 48.6 Å². The molecular weight excluding hydrogens is 286 g/mol. The zero-order valence-electron chi connectivity index (χ0n) is 12.7. The van der Waals surface area contributed by atoms with E-state index in [-0.39, 0.29) is 0 Å². The van der Waals surface area contributed by atoms with E-state index in [2.05, 4.69) is 27.0 Å². The van der Waals surface area contributed by atoms with Crippen LogP contribution in [-0.4, -0.2) is 32.9 Å². The Morgan fingerprint density at radius 1 is 1.30 bits per heavy atom. The number of hydrogen-bond acceptors (Lipinski definition) is 4. The first-order chi connectivity index (χ1) is 11.3. The first-order valence-corrected chi connectivity index (χ1v) is 7.84. The van der Waals surface area contributed by atoms with Crippen molar-refractivity contribution in [3.8, 4) is 6.07 Å². The first-order valence-electron chi connectivity index (χ1n) is 7.84. The molecule has 4 rings (SSSR count). The van der Waals surface area contributed by atoms with Gasteiger partial charge in [0.15, 0.2) is 0 Å². The van der Waals surface area contributed by atoms with Gasteiger partial charge in [-0.15, -0.1) is 0 Å². The normalized spacial score (nSPS) is 18.3. The van der Waals surface area contributed by atoms with Crippen molar-refractivity contribution in [1.82, 2.24) is 19.9 Å². The minimum Gasteiger partial charge on any atom is -0.342 e. The number of nitrogens with zero attached hydrogens (tertiary/aromatic N) is 4. The number of aromatic amines is 1. The number of aromatic nitrogens is 3. The fourth-order valence-electron chi connectivity index (χ4n) is 3.21. The Morgan fingerprint density at radius 2 is 2.26 bits per heavy atom. The van der Waals surface area contributed by atoms with E-state index in [9.17, 15) is 0 Å². The molecule has 0 amide bonds. The predicted octanol–water partition coefficient (Wildman–Crippen LogP) is 2.82. The molecule has 0 radical (unpaired) electrons. The third-order valence-corrected chi connectivity index (χ3v) is 4.40. The number of pyridine rings is 1. The Kier molecular flexibility index (Phi) is 3.52. The molecule has 0 bridgehead atoms. The molecule has 5 heteroatoms. The highest BCUT2D eigenvalue weighted by atomic mass is 15.2. The number of rotatable bonds is 3. The lowest BCUT2D eigenvalue weighted by Crippen LogP contribution is -2.20. The van der Waals surface area contributed by atoms with Crippen LogP contribution in [0.2, 0.25) is 0 Å². The van der Waals surface area contributed by atoms with Crippen molar-refractivity contribution in [2.45, 2.75) is 18.9 Å². The van der Waals surface area contributed by atoms with Crippen molar-refractivity contribution in [1.29, 1.82) is 5.26 Å². The Bertz CT molecular complexity index is 862. The number of fused-ring (bicyclic) bond motifs is 1. The molecule has 1 N–H and O–H groups in total. The number of imidazole rings is 1. The van der Waals surface area contributed by atoms with Crippen molar-refractivity contribution < 1.29 is 0 Å². The largest absolute Gasteiger partial charge is 0.342 e. The molecule has 0 unspecified atom stereocenters. The number of nitriles is 1. The second kappa shape index (κ2) is 5.82. The Labute approximate surface area is 134 Å². The van der Waals surface area contributed by atoms with Gasteiger partial charge >= 0.3 is 0 Å². The lowest BCUT2D eigenvalue weighted by atomic mass is 10.1. The average molecular weight is 303 g/mol. The number of benzene rings is 1. The molecule has 114 valence electrons. The van der Waals surface area contributed by atoms with Crippen LogP contribution in [0.1, 0.15) is 29.4 Å². The summed E-state index contributed by atoms with van der Waals surface area (Å²) in [6, 6.07) is 13.8. The monoisotopic (exact) mass is 303 g/mol. The van der Waals surface area contributed by atoms with Gasteiger partial charge in [0, 0.05) is 25.2 Å². The summed E-state index contributed by atoms with van der Waals surface area (Å²) < 4.78 is 0. The Morgan fingerprint density at radius 3 is 3.09 bits per heavy atom. The molecule has 2 aromatic heterocycles. The van der Waals surface area contributed by atoms with E-state index in [4.69, 9.17) is 10.2 Å². The summed E-state index contributed by atoms with van der Waals surface area (Å²) in [5.74, 6) is 1.44. The standard InChI is InChI=1S/C18H17N5/c19-10-13-4-5-16-17(9-13)22-18(21-16)14-6-8-23(11-14)12-15-3-1-2-7-20-15/h1-5,7,9,14H,6,8,11-12H2,(H,21,22)/t14-/m0/s1. The van der Waals surface area contributed by atoms with Gasteiger partial charge in [-0.1, -0.05) is 6.07 Å². The van der Waals surface area contributed by atoms with E-state index in [1.54, 1.807) is 0 Å². The third kappa shape index (κ3) is 2.81. The fourth-order valence-corrected chi connectivity index (χ4v) is 3.21. The fraction of sp³-hybridized carbons (Fsp3) is 0.278. The number of nitrogens with one attached hydrogen (secondary N) is 1. The Balaban J connectivity index is 1.50. The second-order valence-electron chi connectivity index (χ2n) is 6.01. The van der Waals surface area contributed by atoms with Crippen molar-refractivity contribution in [2.75, 3.05) is 13.1 Å². The van der Waals surface area contributed by atoms with Crippen LogP contribution in [0.3, 0.4) is 0 Å². The van der Waals surface area contributed by atoms with Gasteiger partial charge in [-0.2, -0.15) is 5.26 Å². The average Bonchev–Trinajstić information content (AvgIpc) is 3.21. The van der Waals surface area contributed by atoms with Gasteiger partial charge in [0.05, 0.1) is 28.4 Å². The van der Waals surface area contributed by atoms with Crippen LogP contribution in [0, 0.1) is 11.3 Å². The number of hydrogen-bond donors (Lipinski definition) is 1. The van der Waals surface area contributed by atoms with E-state index in [0.29, 0.717) is 11.5 Å². The van der Waals surface area contributed by atoms with Gasteiger partial charge in [-0.3, -0.25) is 9.88 Å². The molecule has 0 spiro atoms. The van der Waals surface area contributed by atoms with Crippen LogP contribution in [0.5, 0.6) is 0 Å². The molecule has 0 saturated carbocycles. The van der Waals surface area contributed by atoms with Crippen LogP contribution >= 0.6 is 0 Å². The third-order valence-electron chi connectivity index (χ3n) is 4.40. The second-order valence-corrected chi connectivity index (χ2v) is 6.01. The summed E-state index contributed by atoms with van der Waals surface area (Å²) in [7, 11) is 0. The van der Waals surface area contributed by atoms with Gasteiger partial charge in [0.25, 0.3) is 0 Å². The molecule has 1 aromatic carbocycles. The maximum atomic E-state index is 8.99. The van der Waals surface area contributed by atoms with Crippen LogP contribution in [-0.2, 0) is 6.54 Å². The van der Waals surface area contributed by atoms with Crippen LogP contribution in [0.4, 0.5) is 0 Å². The molecule has 1 aliphatic rings. The van der Waals surface area contributed by atoms with Crippen molar-refractivity contribution >= 4 is 11.0 Å². The summed E-state index contributed by atoms with van der Waals surface area (Å²) in [4.78, 5) is 14.9. The first kappa shape index (κ1) is 13.9. The number of H-pyrrole nitrogens is 1. The molecule has 1 saturated heterocycles. The predicted molar refractivity (Wildman–Crippen MR) is 87.7 cm³/mol. The highest BCUT2D eigenvalue weighted by Crippen LogP contribution is 2.28. The molecule has 3 aromatic rings. The van der Waals surface area contributed by atoms with Gasteiger partial charge in [0.1, 0.15) is 5.82 Å². The smallest absolute Gasteiger partial charge is 0.111 e. The van der Waals surface area contributed by atoms with E-state index >= 15 is 0 Å². The van der Waals surface area contributed by atoms with Crippen molar-refractivity contribution in [3.05, 3.63) is 59.7 Å². The van der Waals surface area contributed by atoms with Crippen LogP contribution < -0.4 is 0 Å². The summed E-state index contributed by atoms with van der Waals surface area (Å²) in [5, 5.41) is 8.99. The van der Waals surface area contributed by atoms with E-state index in [1.165, 1.54) is 0 Å². The number of likely N-dealkylation sites (tertiary alicyclic amines) is 1. The van der Waals surface area contributed by atoms with E-state index < -0.39 is 0 Å². The zero-order chi connectivity index (χ0) is 15.6. The minimum atomic E-state index is 0.414. The highest BCUT2D eigenvalue weighted by Gasteiger charge is 2.26. The van der Waals surface area contributed by atoms with Crippen molar-refractivity contribution in [3.63, 3.8) is 0 Å². The SMILES string of the molecule is N#Cc1ccc2nc([C@H]3CCN(Cc4ccccn4)C3)[nH]c2c1. The topological polar surface area (TPSA) is 68.6 Å². The van der Waals surface area contributed by atoms with E-state index in [1.807, 2.05) is 36.5 Å². The maximum Gasteiger partial charge on any atom is 0.111 e. The lowest BCUT2D eigenvalue weighted by molar-refractivity contribution is 0.322. The van der Waals surface area contributed by atoms with Crippen LogP contribution in [0.15, 0.2) is 42.6 Å². The zero-order valence-corrected chi connectivity index (χ0v) is 12.7. The van der Waals surface area contributed by atoms with Crippen molar-refractivity contribution in [2.24, 2.45) is 0 Å². The molecule has 23 heavy (non-hydrogen) atoms. The maximum absolute atomic E-state index is 8.99. The highest BCUT2D eigenvalue weighted by molar-refractivity contribution is 5.76. The minimum absolute atomic E-state index is 0.414.